The fourth-order valence-electron chi connectivity index (χ4n) is 5.19. The van der Waals surface area contributed by atoms with Crippen LogP contribution in [0.5, 0.6) is 5.75 Å². The lowest BCUT2D eigenvalue weighted by atomic mass is 9.87. The molecule has 3 unspecified atom stereocenters. The van der Waals surface area contributed by atoms with Crippen LogP contribution in [0.4, 0.5) is 4.39 Å². The molecule has 5 rings (SSSR count). The van der Waals surface area contributed by atoms with E-state index in [1.165, 1.54) is 29.2 Å². The summed E-state index contributed by atoms with van der Waals surface area (Å²) in [4.78, 5) is 41.7. The van der Waals surface area contributed by atoms with E-state index in [-0.39, 0.29) is 43.7 Å². The number of carbonyl (C=O) groups excluding carboxylic acids is 2. The van der Waals surface area contributed by atoms with Crippen molar-refractivity contribution in [2.24, 2.45) is 0 Å². The van der Waals surface area contributed by atoms with Crippen LogP contribution in [0.3, 0.4) is 0 Å². The lowest BCUT2D eigenvalue weighted by Gasteiger charge is -2.40. The van der Waals surface area contributed by atoms with Crippen molar-refractivity contribution in [2.45, 2.75) is 31.1 Å². The van der Waals surface area contributed by atoms with Crippen LogP contribution in [0.2, 0.25) is 0 Å². The minimum absolute atomic E-state index is 0.00581. The number of benzene rings is 3. The third kappa shape index (κ3) is 7.17. The number of fused-ring (bicyclic) bond motifs is 1. The largest absolute Gasteiger partial charge is 0.482 e. The van der Waals surface area contributed by atoms with Crippen LogP contribution in [0, 0.1) is 9.39 Å². The van der Waals surface area contributed by atoms with Gasteiger partial charge < -0.3 is 29.6 Å². The Labute approximate surface area is 266 Å². The SMILES string of the molecule is O=C(NCCO)C1=CC(Oc2ccccc2I)C(O)C(N(CCc2cccc(F)c2)C(=O)c2cc3ccccc3oc2=O)C1. The lowest BCUT2D eigenvalue weighted by molar-refractivity contribution is -0.118. The molecule has 0 aliphatic heterocycles. The van der Waals surface area contributed by atoms with Gasteiger partial charge in [-0.2, -0.15) is 0 Å². The number of rotatable bonds is 10. The molecule has 0 bridgehead atoms. The van der Waals surface area contributed by atoms with Gasteiger partial charge in [0.15, 0.2) is 0 Å². The summed E-state index contributed by atoms with van der Waals surface area (Å²) in [5.74, 6) is -1.17. The highest BCUT2D eigenvalue weighted by Gasteiger charge is 2.41. The van der Waals surface area contributed by atoms with Crippen molar-refractivity contribution in [3.63, 3.8) is 0 Å². The molecule has 11 heteroatoms. The number of aliphatic hydroxyl groups is 2. The predicted octanol–water partition coefficient (Wildman–Crippen LogP) is 3.84. The molecule has 44 heavy (non-hydrogen) atoms. The Kier molecular flexibility index (Phi) is 10.1. The highest BCUT2D eigenvalue weighted by Crippen LogP contribution is 2.30. The molecule has 0 radical (unpaired) electrons. The van der Waals surface area contributed by atoms with E-state index in [0.29, 0.717) is 22.3 Å². The second kappa shape index (κ2) is 14.1. The quantitative estimate of drug-likeness (QED) is 0.169. The average Bonchev–Trinajstić information content (AvgIpc) is 3.02. The van der Waals surface area contributed by atoms with Gasteiger partial charge in [0.05, 0.1) is 16.2 Å². The van der Waals surface area contributed by atoms with Crippen LogP contribution >= 0.6 is 22.6 Å². The number of amides is 2. The fraction of sp³-hybridized carbons (Fsp3) is 0.242. The molecule has 0 fully saturated rings. The molecule has 1 aliphatic rings. The standard InChI is InChI=1S/C33H30FIN2O7/c34-23-8-5-6-20(16-23)12-14-37(32(41)24-17-21-7-1-3-10-27(21)44-33(24)42)26-18-22(31(40)36-13-15-38)19-29(30(26)39)43-28-11-4-2-9-25(28)35/h1-11,16-17,19,26,29-30,38-39H,12-15,18H2,(H,36,40). The first-order valence-corrected chi connectivity index (χ1v) is 15.1. The van der Waals surface area contributed by atoms with Crippen LogP contribution in [0.25, 0.3) is 11.0 Å². The van der Waals surface area contributed by atoms with Crippen LogP contribution in [-0.4, -0.2) is 64.9 Å². The van der Waals surface area contributed by atoms with Crippen LogP contribution in [0.1, 0.15) is 22.3 Å². The summed E-state index contributed by atoms with van der Waals surface area (Å²) in [5.41, 5.74) is 0.0548. The number of nitrogens with zero attached hydrogens (tertiary/aromatic N) is 1. The minimum Gasteiger partial charge on any atom is -0.482 e. The van der Waals surface area contributed by atoms with Gasteiger partial charge in [-0.15, -0.1) is 0 Å². The van der Waals surface area contributed by atoms with E-state index in [0.717, 1.165) is 3.57 Å². The van der Waals surface area contributed by atoms with Gasteiger partial charge in [0.1, 0.15) is 34.9 Å². The highest BCUT2D eigenvalue weighted by atomic mass is 127. The highest BCUT2D eigenvalue weighted by molar-refractivity contribution is 14.1. The number of nitrogens with one attached hydrogen (secondary N) is 1. The molecule has 3 atom stereocenters. The van der Waals surface area contributed by atoms with Gasteiger partial charge in [0.2, 0.25) is 5.91 Å². The average molecular weight is 713 g/mol. The van der Waals surface area contributed by atoms with E-state index in [4.69, 9.17) is 9.15 Å². The minimum atomic E-state index is -1.32. The molecule has 1 aromatic heterocycles. The molecule has 0 saturated carbocycles. The zero-order valence-corrected chi connectivity index (χ0v) is 25.6. The van der Waals surface area contributed by atoms with Crippen molar-refractivity contribution in [3.05, 3.63) is 121 Å². The molecule has 1 heterocycles. The first-order chi connectivity index (χ1) is 21.2. The first kappa shape index (κ1) is 31.4. The monoisotopic (exact) mass is 712 g/mol. The van der Waals surface area contributed by atoms with Crippen LogP contribution < -0.4 is 15.7 Å². The summed E-state index contributed by atoms with van der Waals surface area (Å²) in [6, 6.07) is 20.3. The molecular formula is C33H30FIN2O7. The molecule has 0 saturated heterocycles. The van der Waals surface area contributed by atoms with Crippen molar-refractivity contribution >= 4 is 45.4 Å². The summed E-state index contributed by atoms with van der Waals surface area (Å²) in [6.45, 7) is -0.285. The Morgan fingerprint density at radius 2 is 1.84 bits per heavy atom. The van der Waals surface area contributed by atoms with Gasteiger partial charge in [-0.05, 0) is 77.0 Å². The van der Waals surface area contributed by atoms with E-state index in [2.05, 4.69) is 27.9 Å². The van der Waals surface area contributed by atoms with Crippen molar-refractivity contribution in [3.8, 4) is 5.75 Å². The molecule has 3 aromatic carbocycles. The van der Waals surface area contributed by atoms with Crippen molar-refractivity contribution in [1.82, 2.24) is 10.2 Å². The van der Waals surface area contributed by atoms with Crippen LogP contribution in [-0.2, 0) is 11.2 Å². The normalized spacial score (nSPS) is 18.0. The Bertz CT molecular complexity index is 1760. The third-order valence-corrected chi connectivity index (χ3v) is 8.27. The van der Waals surface area contributed by atoms with Crippen molar-refractivity contribution in [2.75, 3.05) is 19.7 Å². The van der Waals surface area contributed by atoms with Gasteiger partial charge in [-0.1, -0.05) is 42.5 Å². The second-order valence-electron chi connectivity index (χ2n) is 10.3. The fourth-order valence-corrected chi connectivity index (χ4v) is 5.71. The van der Waals surface area contributed by atoms with E-state index < -0.39 is 41.5 Å². The maximum absolute atomic E-state index is 14.2. The second-order valence-corrected chi connectivity index (χ2v) is 11.5. The Morgan fingerprint density at radius 1 is 1.07 bits per heavy atom. The van der Waals surface area contributed by atoms with E-state index in [1.54, 1.807) is 48.5 Å². The number of halogens is 2. The molecule has 2 amide bonds. The van der Waals surface area contributed by atoms with Crippen LogP contribution in [0.15, 0.2) is 99.7 Å². The number of aliphatic hydroxyl groups excluding tert-OH is 2. The summed E-state index contributed by atoms with van der Waals surface area (Å²) >= 11 is 2.10. The molecular weight excluding hydrogens is 682 g/mol. The Balaban J connectivity index is 1.55. The lowest BCUT2D eigenvalue weighted by Crippen LogP contribution is -2.56. The topological polar surface area (TPSA) is 129 Å². The maximum Gasteiger partial charge on any atom is 0.349 e. The van der Waals surface area contributed by atoms with Gasteiger partial charge in [-0.25, -0.2) is 9.18 Å². The molecule has 228 valence electrons. The van der Waals surface area contributed by atoms with Crippen molar-refractivity contribution in [1.29, 1.82) is 0 Å². The zero-order valence-electron chi connectivity index (χ0n) is 23.5. The third-order valence-electron chi connectivity index (χ3n) is 7.38. The Hall–Kier alpha value is -4.07. The van der Waals surface area contributed by atoms with Gasteiger partial charge >= 0.3 is 5.63 Å². The number of para-hydroxylation sites is 2. The smallest absolute Gasteiger partial charge is 0.349 e. The maximum atomic E-state index is 14.2. The van der Waals surface area contributed by atoms with E-state index in [9.17, 15) is 29.0 Å². The van der Waals surface area contributed by atoms with Gasteiger partial charge in [0.25, 0.3) is 5.91 Å². The number of hydrogen-bond acceptors (Lipinski definition) is 7. The predicted molar refractivity (Wildman–Crippen MR) is 170 cm³/mol. The molecule has 4 aromatic rings. The van der Waals surface area contributed by atoms with E-state index in [1.807, 2.05) is 12.1 Å². The zero-order chi connectivity index (χ0) is 31.2. The molecule has 0 spiro atoms. The van der Waals surface area contributed by atoms with Gasteiger partial charge in [-0.3, -0.25) is 9.59 Å². The van der Waals surface area contributed by atoms with Crippen molar-refractivity contribution < 1.29 is 33.3 Å². The molecule has 3 N–H and O–H groups in total. The van der Waals surface area contributed by atoms with Gasteiger partial charge in [0, 0.05) is 30.5 Å². The summed E-state index contributed by atoms with van der Waals surface area (Å²) in [5, 5.41) is 24.1. The number of carbonyl (C=O) groups is 2. The summed E-state index contributed by atoms with van der Waals surface area (Å²) < 4.78 is 26.4. The Morgan fingerprint density at radius 3 is 2.61 bits per heavy atom. The van der Waals surface area contributed by atoms with E-state index >= 15 is 0 Å². The number of ether oxygens (including phenoxy) is 1. The molecule has 9 nitrogen and oxygen atoms in total. The number of hydrogen-bond donors (Lipinski definition) is 3. The summed E-state index contributed by atoms with van der Waals surface area (Å²) in [6.07, 6.45) is -0.723. The molecule has 1 aliphatic carbocycles. The first-order valence-electron chi connectivity index (χ1n) is 14.0. The summed E-state index contributed by atoms with van der Waals surface area (Å²) in [7, 11) is 0.